The Morgan fingerprint density at radius 1 is 1.41 bits per heavy atom. The number of nitrogens with zero attached hydrogens (tertiary/aromatic N) is 2. The van der Waals surface area contributed by atoms with E-state index in [1.54, 1.807) is 11.6 Å². The van der Waals surface area contributed by atoms with E-state index in [0.717, 1.165) is 12.1 Å². The highest BCUT2D eigenvalue weighted by molar-refractivity contribution is 7.91. The molecule has 7 heteroatoms. The normalized spacial score (nSPS) is 20.5. The second-order valence-corrected chi connectivity index (χ2v) is 8.71. The first-order valence-corrected chi connectivity index (χ1v) is 9.57. The van der Waals surface area contributed by atoms with Crippen molar-refractivity contribution in [1.82, 2.24) is 15.1 Å². The fourth-order valence-corrected chi connectivity index (χ4v) is 4.57. The molecule has 2 heterocycles. The highest BCUT2D eigenvalue weighted by Crippen LogP contribution is 2.26. The lowest BCUT2D eigenvalue weighted by molar-refractivity contribution is 0.0950. The van der Waals surface area contributed by atoms with Crippen molar-refractivity contribution in [3.8, 4) is 0 Å². The van der Waals surface area contributed by atoms with Gasteiger partial charge in [0.05, 0.1) is 28.8 Å². The van der Waals surface area contributed by atoms with Gasteiger partial charge in [0, 0.05) is 12.2 Å². The van der Waals surface area contributed by atoms with Crippen LogP contribution in [0.2, 0.25) is 0 Å². The maximum atomic E-state index is 12.3. The van der Waals surface area contributed by atoms with Gasteiger partial charge in [-0.3, -0.25) is 9.48 Å². The molecular formula is C15H25N3O3S. The molecule has 1 saturated heterocycles. The van der Waals surface area contributed by atoms with E-state index in [1.807, 2.05) is 6.92 Å². The Morgan fingerprint density at radius 2 is 2.09 bits per heavy atom. The molecule has 1 atom stereocenters. The molecular weight excluding hydrogens is 302 g/mol. The first-order chi connectivity index (χ1) is 10.2. The molecule has 0 bridgehead atoms. The molecule has 0 aromatic carbocycles. The quantitative estimate of drug-likeness (QED) is 0.891. The Balaban J connectivity index is 2.15. The zero-order chi connectivity index (χ0) is 16.5. The molecule has 1 aromatic rings. The lowest BCUT2D eigenvalue weighted by Crippen LogP contribution is -2.26. The Kier molecular flexibility index (Phi) is 4.94. The van der Waals surface area contributed by atoms with Gasteiger partial charge in [-0.25, -0.2) is 8.42 Å². The van der Waals surface area contributed by atoms with Crippen LogP contribution in [0.4, 0.5) is 0 Å². The second-order valence-electron chi connectivity index (χ2n) is 6.49. The van der Waals surface area contributed by atoms with Crippen LogP contribution in [0, 0.1) is 19.8 Å². The number of aryl methyl sites for hydroxylation is 1. The van der Waals surface area contributed by atoms with Crippen molar-refractivity contribution in [2.45, 2.75) is 46.6 Å². The summed E-state index contributed by atoms with van der Waals surface area (Å²) in [6, 6.07) is -0.152. The maximum Gasteiger partial charge on any atom is 0.255 e. The third-order valence-corrected chi connectivity index (χ3v) is 5.86. The summed E-state index contributed by atoms with van der Waals surface area (Å²) < 4.78 is 25.0. The van der Waals surface area contributed by atoms with Gasteiger partial charge in [0.15, 0.2) is 9.84 Å². The number of nitrogens with one attached hydrogen (secondary N) is 1. The van der Waals surface area contributed by atoms with E-state index in [-0.39, 0.29) is 23.5 Å². The van der Waals surface area contributed by atoms with Crippen LogP contribution in [-0.4, -0.2) is 42.2 Å². The standard InChI is InChI=1S/C15H25N3O3S/c1-10(2)5-7-16-15(19)14-11(3)17-18(12(14)4)13-6-8-22(20,21)9-13/h10,13H,5-9H2,1-4H3,(H,16,19)/t13-/m0/s1. The first-order valence-electron chi connectivity index (χ1n) is 7.75. The van der Waals surface area contributed by atoms with Crippen molar-refractivity contribution < 1.29 is 13.2 Å². The SMILES string of the molecule is Cc1nn([C@H]2CCS(=O)(=O)C2)c(C)c1C(=O)NCCC(C)C. The van der Waals surface area contributed by atoms with Crippen LogP contribution in [0.25, 0.3) is 0 Å². The molecule has 1 amide bonds. The molecule has 0 radical (unpaired) electrons. The van der Waals surface area contributed by atoms with Gasteiger partial charge in [-0.2, -0.15) is 5.10 Å². The molecule has 1 N–H and O–H groups in total. The summed E-state index contributed by atoms with van der Waals surface area (Å²) in [6.45, 7) is 8.49. The summed E-state index contributed by atoms with van der Waals surface area (Å²) >= 11 is 0. The molecule has 124 valence electrons. The number of hydrogen-bond donors (Lipinski definition) is 1. The van der Waals surface area contributed by atoms with Gasteiger partial charge < -0.3 is 5.32 Å². The average molecular weight is 327 g/mol. The molecule has 0 spiro atoms. The minimum absolute atomic E-state index is 0.114. The smallest absolute Gasteiger partial charge is 0.255 e. The van der Waals surface area contributed by atoms with Crippen LogP contribution < -0.4 is 5.32 Å². The van der Waals surface area contributed by atoms with E-state index in [2.05, 4.69) is 24.3 Å². The number of carbonyl (C=O) groups is 1. The van der Waals surface area contributed by atoms with Gasteiger partial charge in [-0.1, -0.05) is 13.8 Å². The minimum Gasteiger partial charge on any atom is -0.352 e. The molecule has 1 aliphatic rings. The summed E-state index contributed by atoms with van der Waals surface area (Å²) in [5.41, 5.74) is 1.98. The summed E-state index contributed by atoms with van der Waals surface area (Å²) in [4.78, 5) is 12.3. The monoisotopic (exact) mass is 327 g/mol. The van der Waals surface area contributed by atoms with Crippen molar-refractivity contribution >= 4 is 15.7 Å². The fourth-order valence-electron chi connectivity index (χ4n) is 2.88. The molecule has 0 saturated carbocycles. The third-order valence-electron chi connectivity index (χ3n) is 4.11. The van der Waals surface area contributed by atoms with Gasteiger partial charge in [0.25, 0.3) is 5.91 Å². The molecule has 0 aliphatic carbocycles. The van der Waals surface area contributed by atoms with Crippen LogP contribution in [-0.2, 0) is 9.84 Å². The van der Waals surface area contributed by atoms with E-state index in [0.29, 0.717) is 30.1 Å². The highest BCUT2D eigenvalue weighted by Gasteiger charge is 2.32. The Labute approximate surface area is 132 Å². The number of carbonyl (C=O) groups excluding carboxylic acids is 1. The van der Waals surface area contributed by atoms with Gasteiger partial charge in [0.1, 0.15) is 0 Å². The van der Waals surface area contributed by atoms with E-state index >= 15 is 0 Å². The molecule has 1 fully saturated rings. The van der Waals surface area contributed by atoms with Crippen molar-refractivity contribution in [1.29, 1.82) is 0 Å². The molecule has 1 aliphatic heterocycles. The Hall–Kier alpha value is -1.37. The number of sulfone groups is 1. The minimum atomic E-state index is -2.97. The fraction of sp³-hybridized carbons (Fsp3) is 0.733. The maximum absolute atomic E-state index is 12.3. The van der Waals surface area contributed by atoms with Crippen LogP contribution >= 0.6 is 0 Å². The molecule has 1 aromatic heterocycles. The van der Waals surface area contributed by atoms with E-state index in [1.165, 1.54) is 0 Å². The molecule has 0 unspecified atom stereocenters. The zero-order valence-corrected chi connectivity index (χ0v) is 14.5. The van der Waals surface area contributed by atoms with E-state index in [4.69, 9.17) is 0 Å². The summed E-state index contributed by atoms with van der Waals surface area (Å²) in [5.74, 6) is 0.728. The summed E-state index contributed by atoms with van der Waals surface area (Å²) in [6.07, 6.45) is 1.50. The Bertz CT molecular complexity index is 662. The number of aromatic nitrogens is 2. The highest BCUT2D eigenvalue weighted by atomic mass is 32.2. The van der Waals surface area contributed by atoms with E-state index in [9.17, 15) is 13.2 Å². The van der Waals surface area contributed by atoms with Crippen LogP contribution in [0.3, 0.4) is 0 Å². The Morgan fingerprint density at radius 3 is 2.64 bits per heavy atom. The average Bonchev–Trinajstić information content (AvgIpc) is 2.89. The zero-order valence-electron chi connectivity index (χ0n) is 13.7. The van der Waals surface area contributed by atoms with Crippen molar-refractivity contribution in [2.24, 2.45) is 5.92 Å². The number of amides is 1. The third kappa shape index (κ3) is 3.69. The van der Waals surface area contributed by atoms with Crippen molar-refractivity contribution in [3.63, 3.8) is 0 Å². The number of hydrogen-bond acceptors (Lipinski definition) is 4. The van der Waals surface area contributed by atoms with E-state index < -0.39 is 9.84 Å². The van der Waals surface area contributed by atoms with Gasteiger partial charge in [-0.05, 0) is 32.6 Å². The van der Waals surface area contributed by atoms with Crippen LogP contribution in [0.5, 0.6) is 0 Å². The number of rotatable bonds is 5. The van der Waals surface area contributed by atoms with Crippen molar-refractivity contribution in [2.75, 3.05) is 18.1 Å². The van der Waals surface area contributed by atoms with Gasteiger partial charge >= 0.3 is 0 Å². The summed E-state index contributed by atoms with van der Waals surface area (Å²) in [7, 11) is -2.97. The van der Waals surface area contributed by atoms with Crippen molar-refractivity contribution in [3.05, 3.63) is 17.0 Å². The molecule has 2 rings (SSSR count). The predicted molar refractivity (Wildman–Crippen MR) is 85.8 cm³/mol. The summed E-state index contributed by atoms with van der Waals surface area (Å²) in [5, 5.41) is 7.33. The topological polar surface area (TPSA) is 81.1 Å². The lowest BCUT2D eigenvalue weighted by atomic mass is 10.1. The van der Waals surface area contributed by atoms with Crippen LogP contribution in [0.15, 0.2) is 0 Å². The van der Waals surface area contributed by atoms with Crippen LogP contribution in [0.1, 0.15) is 54.5 Å². The largest absolute Gasteiger partial charge is 0.352 e. The predicted octanol–water partition coefficient (Wildman–Crippen LogP) is 1.64. The second kappa shape index (κ2) is 6.40. The molecule has 22 heavy (non-hydrogen) atoms. The van der Waals surface area contributed by atoms with Gasteiger partial charge in [0.2, 0.25) is 0 Å². The first kappa shape index (κ1) is 17.0. The van der Waals surface area contributed by atoms with Gasteiger partial charge in [-0.15, -0.1) is 0 Å². The lowest BCUT2D eigenvalue weighted by Gasteiger charge is -2.11. The molecule has 6 nitrogen and oxygen atoms in total.